The predicted octanol–water partition coefficient (Wildman–Crippen LogP) is 1.93. The number of hydrogen-bond donors (Lipinski definition) is 1. The van der Waals surface area contributed by atoms with Gasteiger partial charge in [-0.25, -0.2) is 4.98 Å². The van der Waals surface area contributed by atoms with Gasteiger partial charge in [-0.3, -0.25) is 0 Å². The molecule has 2 aromatic rings. The van der Waals surface area contributed by atoms with Gasteiger partial charge in [-0.15, -0.1) is 0 Å². The van der Waals surface area contributed by atoms with Gasteiger partial charge >= 0.3 is 0 Å². The first-order chi connectivity index (χ1) is 6.16. The number of fused-ring (bicyclic) bond motifs is 1. The molecule has 0 aromatic carbocycles. The van der Waals surface area contributed by atoms with Crippen LogP contribution in [0.2, 0.25) is 0 Å². The Labute approximate surface area is 75.8 Å². The van der Waals surface area contributed by atoms with Crippen molar-refractivity contribution in [3.05, 3.63) is 18.0 Å². The highest BCUT2D eigenvalue weighted by Crippen LogP contribution is 2.20. The van der Waals surface area contributed by atoms with E-state index in [0.29, 0.717) is 22.9 Å². The van der Waals surface area contributed by atoms with Crippen LogP contribution in [0.15, 0.2) is 16.5 Å². The highest BCUT2D eigenvalue weighted by Gasteiger charge is 2.09. The lowest BCUT2D eigenvalue weighted by Gasteiger charge is -1.93. The zero-order valence-corrected chi connectivity index (χ0v) is 7.61. The average Bonchev–Trinajstić information content (AvgIpc) is 2.46. The van der Waals surface area contributed by atoms with Gasteiger partial charge in [0.2, 0.25) is 5.65 Å². The Kier molecular flexibility index (Phi) is 1.69. The number of nitrogen functional groups attached to an aromatic ring is 1. The van der Waals surface area contributed by atoms with Crippen LogP contribution in [0.1, 0.15) is 25.7 Å². The van der Waals surface area contributed by atoms with Gasteiger partial charge in [0.25, 0.3) is 0 Å². The Morgan fingerprint density at radius 2 is 2.08 bits per heavy atom. The van der Waals surface area contributed by atoms with Crippen molar-refractivity contribution in [2.75, 3.05) is 5.73 Å². The van der Waals surface area contributed by atoms with Crippen LogP contribution in [-0.2, 0) is 0 Å². The quantitative estimate of drug-likeness (QED) is 0.722. The van der Waals surface area contributed by atoms with E-state index >= 15 is 0 Å². The van der Waals surface area contributed by atoms with Crippen molar-refractivity contribution >= 4 is 17.0 Å². The number of aromatic nitrogens is 2. The van der Waals surface area contributed by atoms with Gasteiger partial charge in [-0.2, -0.15) is 4.98 Å². The third-order valence-electron chi connectivity index (χ3n) is 1.79. The summed E-state index contributed by atoms with van der Waals surface area (Å²) in [5, 5.41) is 0. The second-order valence-electron chi connectivity index (χ2n) is 3.26. The number of oxazole rings is 1. The van der Waals surface area contributed by atoms with E-state index in [1.807, 2.05) is 13.8 Å². The summed E-state index contributed by atoms with van der Waals surface area (Å²) >= 11 is 0. The summed E-state index contributed by atoms with van der Waals surface area (Å²) in [6.07, 6.45) is 0. The molecule has 2 aromatic heterocycles. The standard InChI is InChI=1S/C9H11N3O/c1-5(2)9-12-8-6(13-9)3-4-7(10)11-8/h3-5H,1-2H3,(H2,10,11). The number of anilines is 1. The van der Waals surface area contributed by atoms with Crippen LogP contribution in [-0.4, -0.2) is 9.97 Å². The van der Waals surface area contributed by atoms with Crippen molar-refractivity contribution in [1.82, 2.24) is 9.97 Å². The Bertz CT molecular complexity index is 433. The monoisotopic (exact) mass is 177 g/mol. The molecule has 0 fully saturated rings. The molecule has 0 unspecified atom stereocenters. The van der Waals surface area contributed by atoms with E-state index in [1.54, 1.807) is 12.1 Å². The first kappa shape index (κ1) is 8.04. The molecule has 0 bridgehead atoms. The molecule has 13 heavy (non-hydrogen) atoms. The number of rotatable bonds is 1. The highest BCUT2D eigenvalue weighted by atomic mass is 16.3. The Balaban J connectivity index is 2.62. The molecule has 2 rings (SSSR count). The summed E-state index contributed by atoms with van der Waals surface area (Å²) in [5.41, 5.74) is 6.80. The van der Waals surface area contributed by atoms with Crippen molar-refractivity contribution in [1.29, 1.82) is 0 Å². The minimum Gasteiger partial charge on any atom is -0.439 e. The van der Waals surface area contributed by atoms with Gasteiger partial charge in [0.15, 0.2) is 11.5 Å². The summed E-state index contributed by atoms with van der Waals surface area (Å²) in [5.74, 6) is 1.44. The van der Waals surface area contributed by atoms with E-state index in [4.69, 9.17) is 10.2 Å². The van der Waals surface area contributed by atoms with Crippen LogP contribution in [0.5, 0.6) is 0 Å². The molecule has 0 spiro atoms. The lowest BCUT2D eigenvalue weighted by atomic mass is 10.2. The van der Waals surface area contributed by atoms with Crippen molar-refractivity contribution in [2.24, 2.45) is 0 Å². The Morgan fingerprint density at radius 3 is 2.77 bits per heavy atom. The SMILES string of the molecule is CC(C)c1nc2nc(N)ccc2o1. The average molecular weight is 177 g/mol. The summed E-state index contributed by atoms with van der Waals surface area (Å²) in [7, 11) is 0. The zero-order valence-electron chi connectivity index (χ0n) is 7.61. The number of hydrogen-bond acceptors (Lipinski definition) is 4. The maximum atomic E-state index is 5.52. The molecule has 0 atom stereocenters. The molecular weight excluding hydrogens is 166 g/mol. The molecule has 0 radical (unpaired) electrons. The van der Waals surface area contributed by atoms with Crippen LogP contribution in [0.25, 0.3) is 11.2 Å². The molecule has 2 heterocycles. The molecule has 4 nitrogen and oxygen atoms in total. The van der Waals surface area contributed by atoms with Gasteiger partial charge in [-0.05, 0) is 12.1 Å². The van der Waals surface area contributed by atoms with Crippen LogP contribution >= 0.6 is 0 Å². The molecule has 0 saturated heterocycles. The van der Waals surface area contributed by atoms with Crippen molar-refractivity contribution < 1.29 is 4.42 Å². The highest BCUT2D eigenvalue weighted by molar-refractivity contribution is 5.69. The lowest BCUT2D eigenvalue weighted by Crippen LogP contribution is -1.89. The van der Waals surface area contributed by atoms with E-state index in [-0.39, 0.29) is 5.92 Å². The van der Waals surface area contributed by atoms with Gasteiger partial charge in [-0.1, -0.05) is 13.8 Å². The number of nitrogens with two attached hydrogens (primary N) is 1. The molecule has 0 aliphatic rings. The van der Waals surface area contributed by atoms with E-state index in [0.717, 1.165) is 0 Å². The van der Waals surface area contributed by atoms with Crippen molar-refractivity contribution in [3.63, 3.8) is 0 Å². The third kappa shape index (κ3) is 1.35. The van der Waals surface area contributed by atoms with Crippen LogP contribution in [0.4, 0.5) is 5.82 Å². The summed E-state index contributed by atoms with van der Waals surface area (Å²) < 4.78 is 5.46. The maximum Gasteiger partial charge on any atom is 0.200 e. The number of nitrogens with zero attached hydrogens (tertiary/aromatic N) is 2. The van der Waals surface area contributed by atoms with Gasteiger partial charge in [0.1, 0.15) is 5.82 Å². The fourth-order valence-electron chi connectivity index (χ4n) is 1.10. The number of pyridine rings is 1. The summed E-state index contributed by atoms with van der Waals surface area (Å²) in [4.78, 5) is 8.27. The van der Waals surface area contributed by atoms with E-state index < -0.39 is 0 Å². The van der Waals surface area contributed by atoms with E-state index in [9.17, 15) is 0 Å². The van der Waals surface area contributed by atoms with E-state index in [2.05, 4.69) is 9.97 Å². The molecule has 0 saturated carbocycles. The Morgan fingerprint density at radius 1 is 1.31 bits per heavy atom. The largest absolute Gasteiger partial charge is 0.439 e. The first-order valence-corrected chi connectivity index (χ1v) is 4.20. The molecule has 0 amide bonds. The Hall–Kier alpha value is -1.58. The van der Waals surface area contributed by atoms with Gasteiger partial charge in [0.05, 0.1) is 0 Å². The summed E-state index contributed by atoms with van der Waals surface area (Å²) in [6.45, 7) is 4.04. The topological polar surface area (TPSA) is 64.9 Å². The van der Waals surface area contributed by atoms with Crippen molar-refractivity contribution in [2.45, 2.75) is 19.8 Å². The summed E-state index contributed by atoms with van der Waals surface area (Å²) in [6, 6.07) is 3.49. The second-order valence-corrected chi connectivity index (χ2v) is 3.26. The first-order valence-electron chi connectivity index (χ1n) is 4.20. The molecule has 0 aliphatic heterocycles. The van der Waals surface area contributed by atoms with Crippen LogP contribution < -0.4 is 5.73 Å². The molecule has 2 N–H and O–H groups in total. The molecule has 0 aliphatic carbocycles. The lowest BCUT2D eigenvalue weighted by molar-refractivity contribution is 0.501. The third-order valence-corrected chi connectivity index (χ3v) is 1.79. The fraction of sp³-hybridized carbons (Fsp3) is 0.333. The van der Waals surface area contributed by atoms with E-state index in [1.165, 1.54) is 0 Å². The smallest absolute Gasteiger partial charge is 0.200 e. The molecule has 68 valence electrons. The molecule has 4 heteroatoms. The predicted molar refractivity (Wildman–Crippen MR) is 50.3 cm³/mol. The van der Waals surface area contributed by atoms with Gasteiger partial charge in [0, 0.05) is 5.92 Å². The van der Waals surface area contributed by atoms with Crippen molar-refractivity contribution in [3.8, 4) is 0 Å². The second kappa shape index (κ2) is 2.73. The van der Waals surface area contributed by atoms with Crippen LogP contribution in [0, 0.1) is 0 Å². The molecular formula is C9H11N3O. The minimum atomic E-state index is 0.274. The van der Waals surface area contributed by atoms with Crippen LogP contribution in [0.3, 0.4) is 0 Å². The van der Waals surface area contributed by atoms with Gasteiger partial charge < -0.3 is 10.2 Å². The normalized spacial score (nSPS) is 11.3. The maximum absolute atomic E-state index is 5.52. The fourth-order valence-corrected chi connectivity index (χ4v) is 1.10. The minimum absolute atomic E-state index is 0.274. The zero-order chi connectivity index (χ0) is 9.42.